The summed E-state index contributed by atoms with van der Waals surface area (Å²) in [6, 6.07) is 7.54. The van der Waals surface area contributed by atoms with Gasteiger partial charge in [-0.15, -0.1) is 0 Å². The molecule has 1 aliphatic heterocycles. The number of ether oxygens (including phenoxy) is 1. The SMILES string of the molecule is CC1OCCC1S(=O)(=O)CCCc1ccc(Cl)cc1. The van der Waals surface area contributed by atoms with Crippen LogP contribution >= 0.6 is 11.6 Å². The molecule has 2 rings (SSSR count). The molecule has 1 fully saturated rings. The molecule has 1 heterocycles. The third-order valence-electron chi connectivity index (χ3n) is 3.58. The number of hydrogen-bond donors (Lipinski definition) is 0. The normalized spacial score (nSPS) is 23.7. The van der Waals surface area contributed by atoms with Crippen LogP contribution in [0.15, 0.2) is 24.3 Å². The molecule has 1 aromatic rings. The molecule has 0 bridgehead atoms. The van der Waals surface area contributed by atoms with Gasteiger partial charge in [-0.1, -0.05) is 23.7 Å². The molecule has 0 aromatic heterocycles. The maximum Gasteiger partial charge on any atom is 0.155 e. The van der Waals surface area contributed by atoms with Crippen LogP contribution < -0.4 is 0 Å². The van der Waals surface area contributed by atoms with E-state index in [4.69, 9.17) is 16.3 Å². The zero-order valence-electron chi connectivity index (χ0n) is 11.0. The Balaban J connectivity index is 1.86. The van der Waals surface area contributed by atoms with Gasteiger partial charge in [0.05, 0.1) is 17.1 Å². The van der Waals surface area contributed by atoms with Gasteiger partial charge in [0.2, 0.25) is 0 Å². The summed E-state index contributed by atoms with van der Waals surface area (Å²) in [4.78, 5) is 0. The summed E-state index contributed by atoms with van der Waals surface area (Å²) < 4.78 is 29.7. The van der Waals surface area contributed by atoms with E-state index < -0.39 is 9.84 Å². The van der Waals surface area contributed by atoms with Gasteiger partial charge in [-0.2, -0.15) is 0 Å². The largest absolute Gasteiger partial charge is 0.377 e. The molecule has 0 radical (unpaired) electrons. The lowest BCUT2D eigenvalue weighted by Gasteiger charge is -2.14. The average molecular weight is 303 g/mol. The molecule has 1 saturated heterocycles. The predicted octanol–water partition coefficient (Wildman–Crippen LogP) is 2.86. The number of hydrogen-bond acceptors (Lipinski definition) is 3. The van der Waals surface area contributed by atoms with Crippen LogP contribution in [0, 0.1) is 0 Å². The molecule has 0 amide bonds. The lowest BCUT2D eigenvalue weighted by atomic mass is 10.1. The van der Waals surface area contributed by atoms with Gasteiger partial charge in [-0.3, -0.25) is 0 Å². The zero-order valence-corrected chi connectivity index (χ0v) is 12.6. The van der Waals surface area contributed by atoms with Crippen molar-refractivity contribution in [3.63, 3.8) is 0 Å². The van der Waals surface area contributed by atoms with Crippen molar-refractivity contribution in [1.82, 2.24) is 0 Å². The molecule has 0 spiro atoms. The monoisotopic (exact) mass is 302 g/mol. The van der Waals surface area contributed by atoms with E-state index in [-0.39, 0.29) is 17.1 Å². The van der Waals surface area contributed by atoms with Crippen LogP contribution in [0.5, 0.6) is 0 Å². The van der Waals surface area contributed by atoms with Crippen LogP contribution in [0.25, 0.3) is 0 Å². The van der Waals surface area contributed by atoms with E-state index in [0.29, 0.717) is 24.5 Å². The minimum Gasteiger partial charge on any atom is -0.377 e. The van der Waals surface area contributed by atoms with Crippen molar-refractivity contribution in [2.45, 2.75) is 37.5 Å². The van der Waals surface area contributed by atoms with Crippen molar-refractivity contribution in [3.8, 4) is 0 Å². The molecule has 0 aliphatic carbocycles. The van der Waals surface area contributed by atoms with Gasteiger partial charge in [0.25, 0.3) is 0 Å². The van der Waals surface area contributed by atoms with Crippen molar-refractivity contribution in [2.24, 2.45) is 0 Å². The van der Waals surface area contributed by atoms with Crippen LogP contribution in [-0.4, -0.2) is 32.1 Å². The standard InChI is InChI=1S/C14H19ClO3S/c1-11-14(8-9-18-11)19(16,17)10-2-3-12-4-6-13(15)7-5-12/h4-7,11,14H,2-3,8-10H2,1H3. The summed E-state index contributed by atoms with van der Waals surface area (Å²) in [5.41, 5.74) is 1.12. The van der Waals surface area contributed by atoms with Crippen molar-refractivity contribution >= 4 is 21.4 Å². The highest BCUT2D eigenvalue weighted by Gasteiger charge is 2.35. The topological polar surface area (TPSA) is 43.4 Å². The lowest BCUT2D eigenvalue weighted by Crippen LogP contribution is -2.30. The fraction of sp³-hybridized carbons (Fsp3) is 0.571. The average Bonchev–Trinajstić information content (AvgIpc) is 2.79. The fourth-order valence-electron chi connectivity index (χ4n) is 2.46. The molecule has 1 aliphatic rings. The molecular formula is C14H19ClO3S. The highest BCUT2D eigenvalue weighted by Crippen LogP contribution is 2.22. The first kappa shape index (κ1) is 14.8. The Morgan fingerprint density at radius 2 is 2.00 bits per heavy atom. The smallest absolute Gasteiger partial charge is 0.155 e. The minimum atomic E-state index is -3.04. The van der Waals surface area contributed by atoms with Crippen molar-refractivity contribution in [1.29, 1.82) is 0 Å². The van der Waals surface area contributed by atoms with Gasteiger partial charge >= 0.3 is 0 Å². The van der Waals surface area contributed by atoms with E-state index >= 15 is 0 Å². The lowest BCUT2D eigenvalue weighted by molar-refractivity contribution is 0.126. The summed E-state index contributed by atoms with van der Waals surface area (Å²) >= 11 is 5.81. The van der Waals surface area contributed by atoms with E-state index in [2.05, 4.69) is 0 Å². The van der Waals surface area contributed by atoms with Gasteiger partial charge in [0, 0.05) is 11.6 Å². The molecule has 0 N–H and O–H groups in total. The Morgan fingerprint density at radius 3 is 2.58 bits per heavy atom. The number of aryl methyl sites for hydroxylation is 1. The second-order valence-electron chi connectivity index (χ2n) is 5.00. The second kappa shape index (κ2) is 6.25. The minimum absolute atomic E-state index is 0.166. The molecule has 106 valence electrons. The molecule has 0 saturated carbocycles. The zero-order chi connectivity index (χ0) is 13.9. The van der Waals surface area contributed by atoms with Gasteiger partial charge < -0.3 is 4.74 Å². The molecule has 2 atom stereocenters. The Morgan fingerprint density at radius 1 is 1.32 bits per heavy atom. The molecule has 3 nitrogen and oxygen atoms in total. The number of halogens is 1. The molecular weight excluding hydrogens is 284 g/mol. The Bertz CT molecular complexity index is 510. The Labute approximate surface area is 119 Å². The molecule has 5 heteroatoms. The van der Waals surface area contributed by atoms with Crippen molar-refractivity contribution in [2.75, 3.05) is 12.4 Å². The van der Waals surface area contributed by atoms with Crippen LogP contribution in [0.2, 0.25) is 5.02 Å². The summed E-state index contributed by atoms with van der Waals surface area (Å²) in [6.45, 7) is 2.40. The van der Waals surface area contributed by atoms with Crippen LogP contribution in [-0.2, 0) is 21.0 Å². The van der Waals surface area contributed by atoms with Gasteiger partial charge in [0.15, 0.2) is 9.84 Å². The maximum absolute atomic E-state index is 12.2. The van der Waals surface area contributed by atoms with E-state index in [1.54, 1.807) is 0 Å². The number of benzene rings is 1. The predicted molar refractivity (Wildman–Crippen MR) is 77.4 cm³/mol. The van der Waals surface area contributed by atoms with E-state index in [1.165, 1.54) is 0 Å². The second-order valence-corrected chi connectivity index (χ2v) is 7.78. The maximum atomic E-state index is 12.2. The van der Waals surface area contributed by atoms with Crippen LogP contribution in [0.3, 0.4) is 0 Å². The number of rotatable bonds is 5. The summed E-state index contributed by atoms with van der Waals surface area (Å²) in [7, 11) is -3.04. The summed E-state index contributed by atoms with van der Waals surface area (Å²) in [5.74, 6) is 0.230. The van der Waals surface area contributed by atoms with Gasteiger partial charge in [0.1, 0.15) is 0 Å². The van der Waals surface area contributed by atoms with E-state index in [1.807, 2.05) is 31.2 Å². The molecule has 2 unspecified atom stereocenters. The highest BCUT2D eigenvalue weighted by atomic mass is 35.5. The fourth-order valence-corrected chi connectivity index (χ4v) is 4.56. The Hall–Kier alpha value is -0.580. The van der Waals surface area contributed by atoms with Gasteiger partial charge in [-0.25, -0.2) is 8.42 Å². The summed E-state index contributed by atoms with van der Waals surface area (Å²) in [5, 5.41) is 0.381. The third kappa shape index (κ3) is 3.94. The number of sulfone groups is 1. The quantitative estimate of drug-likeness (QED) is 0.840. The summed E-state index contributed by atoms with van der Waals surface area (Å²) in [6.07, 6.45) is 1.87. The molecule has 19 heavy (non-hydrogen) atoms. The Kier molecular flexibility index (Phi) is 4.87. The first-order valence-electron chi connectivity index (χ1n) is 6.56. The third-order valence-corrected chi connectivity index (χ3v) is 6.23. The first-order chi connectivity index (χ1) is 8.99. The molecule has 1 aromatic carbocycles. The van der Waals surface area contributed by atoms with Gasteiger partial charge in [-0.05, 0) is 43.9 Å². The highest BCUT2D eigenvalue weighted by molar-refractivity contribution is 7.92. The van der Waals surface area contributed by atoms with E-state index in [9.17, 15) is 8.42 Å². The van der Waals surface area contributed by atoms with Crippen molar-refractivity contribution < 1.29 is 13.2 Å². The van der Waals surface area contributed by atoms with Crippen LogP contribution in [0.4, 0.5) is 0 Å². The van der Waals surface area contributed by atoms with Crippen molar-refractivity contribution in [3.05, 3.63) is 34.9 Å². The first-order valence-corrected chi connectivity index (χ1v) is 8.66. The van der Waals surface area contributed by atoms with E-state index in [0.717, 1.165) is 12.0 Å². The van der Waals surface area contributed by atoms with Crippen LogP contribution in [0.1, 0.15) is 25.3 Å².